The molecule has 2 aromatic rings. The molecule has 0 unspecified atom stereocenters. The predicted octanol–water partition coefficient (Wildman–Crippen LogP) is 0.890. The van der Waals surface area contributed by atoms with Gasteiger partial charge >= 0.3 is 0 Å². The molecule has 0 spiro atoms. The Kier molecular flexibility index (Phi) is 2.13. The number of aromatic nitrogens is 2. The highest BCUT2D eigenvalue weighted by atomic mass is 14.9. The number of hydrogen-bond acceptors (Lipinski definition) is 5. The van der Waals surface area contributed by atoms with Gasteiger partial charge in [0, 0.05) is 23.5 Å². The first kappa shape index (κ1) is 9.26. The van der Waals surface area contributed by atoms with Gasteiger partial charge in [-0.15, -0.1) is 0 Å². The summed E-state index contributed by atoms with van der Waals surface area (Å²) in [5.41, 5.74) is 18.9. The Morgan fingerprint density at radius 1 is 0.867 bits per heavy atom. The van der Waals surface area contributed by atoms with E-state index in [1.54, 1.807) is 24.5 Å². The van der Waals surface area contributed by atoms with Crippen molar-refractivity contribution in [3.05, 3.63) is 30.6 Å². The van der Waals surface area contributed by atoms with Crippen LogP contribution >= 0.6 is 0 Å². The number of anilines is 3. The minimum atomic E-state index is 0.335. The summed E-state index contributed by atoms with van der Waals surface area (Å²) in [6.07, 6.45) is 3.32. The third-order valence-corrected chi connectivity index (χ3v) is 2.07. The first-order valence-electron chi connectivity index (χ1n) is 4.40. The van der Waals surface area contributed by atoms with E-state index in [1.807, 2.05) is 6.07 Å². The topological polar surface area (TPSA) is 104 Å². The van der Waals surface area contributed by atoms with Crippen LogP contribution in [0.2, 0.25) is 0 Å². The third kappa shape index (κ3) is 1.80. The molecule has 0 aromatic carbocycles. The van der Waals surface area contributed by atoms with Crippen molar-refractivity contribution >= 4 is 17.3 Å². The second-order valence-electron chi connectivity index (χ2n) is 3.17. The second-order valence-corrected chi connectivity index (χ2v) is 3.17. The van der Waals surface area contributed by atoms with Gasteiger partial charge in [0.15, 0.2) is 0 Å². The molecule has 15 heavy (non-hydrogen) atoms. The number of pyridine rings is 2. The fraction of sp³-hybridized carbons (Fsp3) is 0. The molecule has 0 amide bonds. The maximum absolute atomic E-state index is 5.66. The van der Waals surface area contributed by atoms with Crippen LogP contribution in [0.15, 0.2) is 30.6 Å². The molecule has 2 aromatic heterocycles. The third-order valence-electron chi connectivity index (χ3n) is 2.07. The maximum Gasteiger partial charge on any atom is 0.146 e. The quantitative estimate of drug-likeness (QED) is 0.635. The Morgan fingerprint density at radius 2 is 1.60 bits per heavy atom. The van der Waals surface area contributed by atoms with Crippen LogP contribution in [0.25, 0.3) is 11.1 Å². The van der Waals surface area contributed by atoms with E-state index in [4.69, 9.17) is 17.2 Å². The van der Waals surface area contributed by atoms with E-state index in [1.165, 1.54) is 0 Å². The molecule has 2 heterocycles. The molecular formula is C10H11N5. The minimum Gasteiger partial charge on any atom is -0.396 e. The first-order valence-corrected chi connectivity index (χ1v) is 4.40. The Morgan fingerprint density at radius 3 is 2.20 bits per heavy atom. The van der Waals surface area contributed by atoms with Crippen molar-refractivity contribution in [3.63, 3.8) is 0 Å². The van der Waals surface area contributed by atoms with Crippen LogP contribution in [0, 0.1) is 0 Å². The lowest BCUT2D eigenvalue weighted by atomic mass is 10.1. The van der Waals surface area contributed by atoms with E-state index >= 15 is 0 Å². The fourth-order valence-electron chi connectivity index (χ4n) is 1.23. The summed E-state index contributed by atoms with van der Waals surface area (Å²) < 4.78 is 0. The molecule has 0 bridgehead atoms. The van der Waals surface area contributed by atoms with Gasteiger partial charge in [-0.25, -0.2) is 9.97 Å². The SMILES string of the molecule is Nc1ccc(-c2cnc(N)c(N)c2)cn1. The summed E-state index contributed by atoms with van der Waals surface area (Å²) >= 11 is 0. The van der Waals surface area contributed by atoms with Gasteiger partial charge in [-0.3, -0.25) is 0 Å². The molecule has 76 valence electrons. The molecule has 0 aliphatic carbocycles. The second kappa shape index (κ2) is 3.45. The van der Waals surface area contributed by atoms with Crippen LogP contribution in [-0.4, -0.2) is 9.97 Å². The summed E-state index contributed by atoms with van der Waals surface area (Å²) in [5.74, 6) is 0.817. The van der Waals surface area contributed by atoms with Crippen molar-refractivity contribution in [1.82, 2.24) is 9.97 Å². The van der Waals surface area contributed by atoms with E-state index < -0.39 is 0 Å². The molecule has 6 N–H and O–H groups in total. The van der Waals surface area contributed by atoms with Gasteiger partial charge in [0.05, 0.1) is 5.69 Å². The molecule has 0 saturated heterocycles. The van der Waals surface area contributed by atoms with Crippen LogP contribution in [-0.2, 0) is 0 Å². The molecule has 0 aliphatic rings. The summed E-state index contributed by atoms with van der Waals surface area (Å²) in [5, 5.41) is 0. The molecule has 0 radical (unpaired) electrons. The van der Waals surface area contributed by atoms with Crippen molar-refractivity contribution in [1.29, 1.82) is 0 Å². The monoisotopic (exact) mass is 201 g/mol. The van der Waals surface area contributed by atoms with Gasteiger partial charge in [-0.2, -0.15) is 0 Å². The maximum atomic E-state index is 5.66. The van der Waals surface area contributed by atoms with E-state index in [0.29, 0.717) is 17.3 Å². The number of nitrogen functional groups attached to an aromatic ring is 3. The van der Waals surface area contributed by atoms with Gasteiger partial charge < -0.3 is 17.2 Å². The van der Waals surface area contributed by atoms with E-state index in [-0.39, 0.29) is 0 Å². The van der Waals surface area contributed by atoms with E-state index in [9.17, 15) is 0 Å². The van der Waals surface area contributed by atoms with Crippen LogP contribution in [0.1, 0.15) is 0 Å². The van der Waals surface area contributed by atoms with Crippen LogP contribution in [0.4, 0.5) is 17.3 Å². The van der Waals surface area contributed by atoms with Gasteiger partial charge in [0.25, 0.3) is 0 Å². The average molecular weight is 201 g/mol. The van der Waals surface area contributed by atoms with Gasteiger partial charge in [-0.1, -0.05) is 0 Å². The molecule has 0 atom stereocenters. The number of rotatable bonds is 1. The van der Waals surface area contributed by atoms with Crippen LogP contribution in [0.3, 0.4) is 0 Å². The largest absolute Gasteiger partial charge is 0.396 e. The fourth-order valence-corrected chi connectivity index (χ4v) is 1.23. The molecule has 0 fully saturated rings. The zero-order valence-electron chi connectivity index (χ0n) is 8.01. The van der Waals surface area contributed by atoms with Crippen molar-refractivity contribution in [2.24, 2.45) is 0 Å². The molecular weight excluding hydrogens is 190 g/mol. The average Bonchev–Trinajstić information content (AvgIpc) is 2.23. The first-order chi connectivity index (χ1) is 7.16. The highest BCUT2D eigenvalue weighted by Crippen LogP contribution is 2.22. The number of nitrogens with zero attached hydrogens (tertiary/aromatic N) is 2. The normalized spacial score (nSPS) is 10.1. The molecule has 5 nitrogen and oxygen atoms in total. The zero-order chi connectivity index (χ0) is 10.8. The Balaban J connectivity index is 2.45. The molecule has 2 rings (SSSR count). The summed E-state index contributed by atoms with van der Waals surface area (Å²) in [7, 11) is 0. The van der Waals surface area contributed by atoms with Crippen molar-refractivity contribution in [2.75, 3.05) is 17.2 Å². The Bertz CT molecular complexity index is 478. The number of nitrogens with two attached hydrogens (primary N) is 3. The van der Waals surface area contributed by atoms with Crippen molar-refractivity contribution in [2.45, 2.75) is 0 Å². The number of hydrogen-bond donors (Lipinski definition) is 3. The summed E-state index contributed by atoms with van der Waals surface area (Å²) in [6, 6.07) is 5.34. The minimum absolute atomic E-state index is 0.335. The van der Waals surface area contributed by atoms with Crippen LogP contribution < -0.4 is 17.2 Å². The van der Waals surface area contributed by atoms with E-state index in [2.05, 4.69) is 9.97 Å². The lowest BCUT2D eigenvalue weighted by Crippen LogP contribution is -1.98. The van der Waals surface area contributed by atoms with Gasteiger partial charge in [0.2, 0.25) is 0 Å². The van der Waals surface area contributed by atoms with E-state index in [0.717, 1.165) is 11.1 Å². The Labute approximate surface area is 86.9 Å². The molecule has 0 saturated carbocycles. The van der Waals surface area contributed by atoms with Gasteiger partial charge in [0.1, 0.15) is 11.6 Å². The smallest absolute Gasteiger partial charge is 0.146 e. The predicted molar refractivity (Wildman–Crippen MR) is 60.7 cm³/mol. The Hall–Kier alpha value is -2.30. The van der Waals surface area contributed by atoms with Crippen LogP contribution in [0.5, 0.6) is 0 Å². The summed E-state index contributed by atoms with van der Waals surface area (Å²) in [4.78, 5) is 7.96. The molecule has 5 heteroatoms. The highest BCUT2D eigenvalue weighted by Gasteiger charge is 2.01. The summed E-state index contributed by atoms with van der Waals surface area (Å²) in [6.45, 7) is 0. The standard InChI is InChI=1S/C10H11N5/c11-8-3-7(5-15-10(8)13)6-1-2-9(12)14-4-6/h1-5H,11H2,(H2,12,14)(H2,13,15). The lowest BCUT2D eigenvalue weighted by Gasteiger charge is -2.04. The van der Waals surface area contributed by atoms with Gasteiger partial charge in [-0.05, 0) is 18.2 Å². The van der Waals surface area contributed by atoms with Crippen molar-refractivity contribution in [3.8, 4) is 11.1 Å². The highest BCUT2D eigenvalue weighted by molar-refractivity contribution is 5.71. The molecule has 0 aliphatic heterocycles. The van der Waals surface area contributed by atoms with Crippen molar-refractivity contribution < 1.29 is 0 Å². The zero-order valence-corrected chi connectivity index (χ0v) is 8.01. The lowest BCUT2D eigenvalue weighted by molar-refractivity contribution is 1.31.